The van der Waals surface area contributed by atoms with E-state index in [1.54, 1.807) is 41.7 Å². The standard InChI is InChI=1S/C22H20N6O3/c1-14-7-8-24-21(17(14)11-23)31-16-6-5-15-13-30-19-4-2-3-18(28-25-9-10-26-28)20(19)22(29)27(15)12-16/h2-4,7-10,15-16H,5-6,12-13H2,1H3/t15-,16+/m0/s1. The lowest BCUT2D eigenvalue weighted by Gasteiger charge is -2.37. The van der Waals surface area contributed by atoms with E-state index in [2.05, 4.69) is 21.3 Å². The molecular formula is C22H20N6O3. The maximum Gasteiger partial charge on any atom is 0.260 e. The molecule has 0 saturated carbocycles. The molecule has 9 nitrogen and oxygen atoms in total. The highest BCUT2D eigenvalue weighted by atomic mass is 16.5. The zero-order valence-electron chi connectivity index (χ0n) is 16.9. The Kier molecular flexibility index (Phi) is 4.75. The molecule has 9 heteroatoms. The van der Waals surface area contributed by atoms with Gasteiger partial charge in [-0.05, 0) is 43.5 Å². The Labute approximate surface area is 178 Å². The number of pyridine rings is 1. The monoisotopic (exact) mass is 416 g/mol. The first-order valence-corrected chi connectivity index (χ1v) is 10.1. The second-order valence-corrected chi connectivity index (χ2v) is 7.63. The summed E-state index contributed by atoms with van der Waals surface area (Å²) in [5.74, 6) is 0.696. The van der Waals surface area contributed by atoms with Crippen molar-refractivity contribution < 1.29 is 14.3 Å². The molecule has 1 fully saturated rings. The molecule has 2 atom stereocenters. The number of rotatable bonds is 3. The van der Waals surface area contributed by atoms with E-state index in [9.17, 15) is 10.1 Å². The number of aromatic nitrogens is 4. The summed E-state index contributed by atoms with van der Waals surface area (Å²) in [6.45, 7) is 2.64. The summed E-state index contributed by atoms with van der Waals surface area (Å²) in [5, 5.41) is 17.8. The molecule has 0 bridgehead atoms. The van der Waals surface area contributed by atoms with Gasteiger partial charge in [0.15, 0.2) is 0 Å². The highest BCUT2D eigenvalue weighted by molar-refractivity contribution is 6.01. The van der Waals surface area contributed by atoms with Gasteiger partial charge in [-0.15, -0.1) is 0 Å². The first kappa shape index (κ1) is 19.1. The molecule has 1 saturated heterocycles. The lowest BCUT2D eigenvalue weighted by atomic mass is 9.99. The Bertz CT molecular complexity index is 1170. The fraction of sp³-hybridized carbons (Fsp3) is 0.318. The third kappa shape index (κ3) is 3.36. The van der Waals surface area contributed by atoms with Gasteiger partial charge in [-0.1, -0.05) is 6.07 Å². The largest absolute Gasteiger partial charge is 0.491 e. The summed E-state index contributed by atoms with van der Waals surface area (Å²) < 4.78 is 12.1. The maximum atomic E-state index is 13.6. The average molecular weight is 416 g/mol. The molecule has 0 radical (unpaired) electrons. The van der Waals surface area contributed by atoms with Crippen molar-refractivity contribution in [3.05, 3.63) is 59.5 Å². The second kappa shape index (κ2) is 7.72. The molecule has 4 heterocycles. The number of amides is 1. The van der Waals surface area contributed by atoms with Gasteiger partial charge >= 0.3 is 0 Å². The SMILES string of the molecule is Cc1ccnc(O[C@@H]2CC[C@H]3COc4cccc(-n5nccn5)c4C(=O)N3C2)c1C#N. The predicted octanol–water partition coefficient (Wildman–Crippen LogP) is 2.29. The first-order valence-electron chi connectivity index (χ1n) is 10.1. The number of carbonyl (C=O) groups is 1. The van der Waals surface area contributed by atoms with Crippen LogP contribution in [0.1, 0.15) is 34.3 Å². The predicted molar refractivity (Wildman–Crippen MR) is 109 cm³/mol. The lowest BCUT2D eigenvalue weighted by molar-refractivity contribution is 0.0276. The fourth-order valence-corrected chi connectivity index (χ4v) is 4.12. The Morgan fingerprint density at radius 3 is 2.84 bits per heavy atom. The Balaban J connectivity index is 1.45. The zero-order chi connectivity index (χ0) is 21.4. The van der Waals surface area contributed by atoms with Gasteiger partial charge in [-0.3, -0.25) is 4.79 Å². The van der Waals surface area contributed by atoms with Gasteiger partial charge in [0, 0.05) is 6.20 Å². The molecule has 31 heavy (non-hydrogen) atoms. The van der Waals surface area contributed by atoms with Crippen LogP contribution in [-0.4, -0.2) is 56.1 Å². The summed E-state index contributed by atoms with van der Waals surface area (Å²) in [6, 6.07) is 9.30. The smallest absolute Gasteiger partial charge is 0.260 e. The number of nitriles is 1. The van der Waals surface area contributed by atoms with Crippen molar-refractivity contribution in [3.63, 3.8) is 0 Å². The van der Waals surface area contributed by atoms with Gasteiger partial charge in [-0.2, -0.15) is 20.3 Å². The number of benzene rings is 1. The normalized spacial score (nSPS) is 20.1. The maximum absolute atomic E-state index is 13.6. The van der Waals surface area contributed by atoms with E-state index in [0.29, 0.717) is 41.6 Å². The van der Waals surface area contributed by atoms with Crippen molar-refractivity contribution in [2.45, 2.75) is 31.9 Å². The van der Waals surface area contributed by atoms with Crippen molar-refractivity contribution in [1.82, 2.24) is 24.9 Å². The highest BCUT2D eigenvalue weighted by Gasteiger charge is 2.38. The van der Waals surface area contributed by atoms with Crippen LogP contribution in [0.25, 0.3) is 5.69 Å². The van der Waals surface area contributed by atoms with Crippen LogP contribution in [0, 0.1) is 18.3 Å². The highest BCUT2D eigenvalue weighted by Crippen LogP contribution is 2.33. The second-order valence-electron chi connectivity index (χ2n) is 7.63. The van der Waals surface area contributed by atoms with E-state index in [4.69, 9.17) is 9.47 Å². The average Bonchev–Trinajstić information content (AvgIpc) is 3.28. The summed E-state index contributed by atoms with van der Waals surface area (Å²) in [6.07, 6.45) is 5.96. The van der Waals surface area contributed by atoms with E-state index in [-0.39, 0.29) is 18.1 Å². The molecule has 1 aromatic carbocycles. The molecule has 0 unspecified atom stereocenters. The number of aryl methyl sites for hydroxylation is 1. The van der Waals surface area contributed by atoms with Crippen molar-refractivity contribution in [2.24, 2.45) is 0 Å². The third-order valence-electron chi connectivity index (χ3n) is 5.72. The number of carbonyl (C=O) groups excluding carboxylic acids is 1. The van der Waals surface area contributed by atoms with E-state index < -0.39 is 0 Å². The Hall–Kier alpha value is -3.93. The number of fused-ring (bicyclic) bond motifs is 2. The van der Waals surface area contributed by atoms with Gasteiger partial charge in [-0.25, -0.2) is 4.98 Å². The van der Waals surface area contributed by atoms with Gasteiger partial charge in [0.05, 0.1) is 25.0 Å². The lowest BCUT2D eigenvalue weighted by Crippen LogP contribution is -2.51. The van der Waals surface area contributed by atoms with E-state index in [1.807, 2.05) is 13.0 Å². The molecule has 1 amide bonds. The summed E-state index contributed by atoms with van der Waals surface area (Å²) in [7, 11) is 0. The van der Waals surface area contributed by atoms with E-state index in [1.165, 1.54) is 4.80 Å². The minimum absolute atomic E-state index is 0.0564. The van der Waals surface area contributed by atoms with Crippen LogP contribution in [0.2, 0.25) is 0 Å². The summed E-state index contributed by atoms with van der Waals surface area (Å²) in [4.78, 5) is 21.1. The zero-order valence-corrected chi connectivity index (χ0v) is 16.9. The van der Waals surface area contributed by atoms with Crippen LogP contribution < -0.4 is 9.47 Å². The van der Waals surface area contributed by atoms with Crippen molar-refractivity contribution in [1.29, 1.82) is 5.26 Å². The molecule has 0 spiro atoms. The van der Waals surface area contributed by atoms with Crippen molar-refractivity contribution >= 4 is 5.91 Å². The Morgan fingerprint density at radius 1 is 1.19 bits per heavy atom. The van der Waals surface area contributed by atoms with Gasteiger partial charge in [0.2, 0.25) is 5.88 Å². The molecule has 156 valence electrons. The van der Waals surface area contributed by atoms with Crippen molar-refractivity contribution in [3.8, 4) is 23.4 Å². The number of nitrogens with zero attached hydrogens (tertiary/aromatic N) is 6. The molecule has 2 aliphatic heterocycles. The minimum Gasteiger partial charge on any atom is -0.491 e. The minimum atomic E-state index is -0.266. The molecule has 0 aliphatic carbocycles. The fourth-order valence-electron chi connectivity index (χ4n) is 4.12. The van der Waals surface area contributed by atoms with Gasteiger partial charge in [0.25, 0.3) is 5.91 Å². The quantitative estimate of drug-likeness (QED) is 0.645. The third-order valence-corrected chi connectivity index (χ3v) is 5.72. The Morgan fingerprint density at radius 2 is 2.03 bits per heavy atom. The van der Waals surface area contributed by atoms with Gasteiger partial charge < -0.3 is 14.4 Å². The number of ether oxygens (including phenoxy) is 2. The number of hydrogen-bond donors (Lipinski definition) is 0. The molecule has 3 aromatic rings. The van der Waals surface area contributed by atoms with Crippen LogP contribution in [-0.2, 0) is 0 Å². The van der Waals surface area contributed by atoms with Crippen LogP contribution in [0.3, 0.4) is 0 Å². The molecule has 2 aliphatic rings. The molecule has 2 aromatic heterocycles. The molecule has 0 N–H and O–H groups in total. The van der Waals surface area contributed by atoms with E-state index >= 15 is 0 Å². The molecule has 5 rings (SSSR count). The van der Waals surface area contributed by atoms with Gasteiger partial charge in [0.1, 0.15) is 41.3 Å². The van der Waals surface area contributed by atoms with E-state index in [0.717, 1.165) is 18.4 Å². The van der Waals surface area contributed by atoms with Crippen molar-refractivity contribution in [2.75, 3.05) is 13.2 Å². The van der Waals surface area contributed by atoms with Crippen LogP contribution in [0.4, 0.5) is 0 Å². The summed E-state index contributed by atoms with van der Waals surface area (Å²) in [5.41, 5.74) is 2.25. The summed E-state index contributed by atoms with van der Waals surface area (Å²) >= 11 is 0. The topological polar surface area (TPSA) is 106 Å². The number of hydrogen-bond acceptors (Lipinski definition) is 7. The number of piperidine rings is 1. The molecular weight excluding hydrogens is 396 g/mol. The van der Waals surface area contributed by atoms with Crippen LogP contribution >= 0.6 is 0 Å². The van der Waals surface area contributed by atoms with Crippen LogP contribution in [0.15, 0.2) is 42.9 Å². The first-order chi connectivity index (χ1) is 15.2. The van der Waals surface area contributed by atoms with Crippen LogP contribution in [0.5, 0.6) is 11.6 Å².